The summed E-state index contributed by atoms with van der Waals surface area (Å²) in [6.07, 6.45) is 1.74. The number of hydrogen-bond donors (Lipinski definition) is 0. The number of carbonyl (C=O) groups excluding carboxylic acids is 3. The van der Waals surface area contributed by atoms with E-state index in [4.69, 9.17) is 0 Å². The number of anilines is 1. The van der Waals surface area contributed by atoms with Crippen molar-refractivity contribution in [1.82, 2.24) is 9.80 Å². The van der Waals surface area contributed by atoms with Crippen LogP contribution in [0.4, 0.5) is 10.5 Å². The Balaban J connectivity index is 1.37. The van der Waals surface area contributed by atoms with Crippen molar-refractivity contribution in [1.29, 1.82) is 0 Å². The Kier molecular flexibility index (Phi) is 6.65. The Morgan fingerprint density at radius 3 is 2.41 bits per heavy atom. The van der Waals surface area contributed by atoms with Crippen LogP contribution in [0.2, 0.25) is 0 Å². The molecule has 7 heteroatoms. The highest BCUT2D eigenvalue weighted by Gasteiger charge is 2.37. The lowest BCUT2D eigenvalue weighted by atomic mass is 10.0. The van der Waals surface area contributed by atoms with Gasteiger partial charge in [0.15, 0.2) is 0 Å². The first-order chi connectivity index (χ1) is 15.4. The van der Waals surface area contributed by atoms with Crippen molar-refractivity contribution >= 4 is 40.6 Å². The summed E-state index contributed by atoms with van der Waals surface area (Å²) in [6.45, 7) is 6.60. The fourth-order valence-corrected chi connectivity index (χ4v) is 4.72. The molecule has 2 aliphatic heterocycles. The molecule has 0 spiro atoms. The van der Waals surface area contributed by atoms with Crippen LogP contribution < -0.4 is 4.90 Å². The summed E-state index contributed by atoms with van der Waals surface area (Å²) in [5.74, 6) is -0.215. The smallest absolute Gasteiger partial charge is 0.294 e. The topological polar surface area (TPSA) is 60.9 Å². The third kappa shape index (κ3) is 4.88. The molecule has 32 heavy (non-hydrogen) atoms. The quantitative estimate of drug-likeness (QED) is 0.641. The van der Waals surface area contributed by atoms with E-state index in [1.165, 1.54) is 5.56 Å². The van der Waals surface area contributed by atoms with Gasteiger partial charge in [0.1, 0.15) is 6.54 Å². The Hall–Kier alpha value is -3.06. The lowest BCUT2D eigenvalue weighted by Gasteiger charge is -2.36. The third-order valence-electron chi connectivity index (χ3n) is 5.80. The number of para-hydroxylation sites is 1. The van der Waals surface area contributed by atoms with Gasteiger partial charge < -0.3 is 9.80 Å². The van der Waals surface area contributed by atoms with Crippen LogP contribution in [0, 0.1) is 0 Å². The first-order valence-electron chi connectivity index (χ1n) is 10.9. The lowest BCUT2D eigenvalue weighted by molar-refractivity contribution is -0.136. The van der Waals surface area contributed by atoms with Gasteiger partial charge in [-0.05, 0) is 47.0 Å². The second kappa shape index (κ2) is 9.61. The molecule has 0 saturated carbocycles. The SMILES string of the molecule is CC(C)c1cccc(C=C2SC(=O)N(CC(=O)N3CCN(c4ccccc4)CC3)C2=O)c1. The van der Waals surface area contributed by atoms with Gasteiger partial charge in [0, 0.05) is 31.9 Å². The minimum absolute atomic E-state index is 0.192. The second-order valence-electron chi connectivity index (χ2n) is 8.30. The van der Waals surface area contributed by atoms with Gasteiger partial charge in [0.05, 0.1) is 4.91 Å². The Morgan fingerprint density at radius 1 is 1.00 bits per heavy atom. The van der Waals surface area contributed by atoms with E-state index in [9.17, 15) is 14.4 Å². The highest BCUT2D eigenvalue weighted by atomic mass is 32.2. The second-order valence-corrected chi connectivity index (χ2v) is 9.29. The van der Waals surface area contributed by atoms with E-state index < -0.39 is 11.1 Å². The van der Waals surface area contributed by atoms with E-state index in [2.05, 4.69) is 30.9 Å². The van der Waals surface area contributed by atoms with E-state index in [-0.39, 0.29) is 12.5 Å². The molecule has 2 aliphatic rings. The minimum Gasteiger partial charge on any atom is -0.368 e. The van der Waals surface area contributed by atoms with Gasteiger partial charge in [-0.3, -0.25) is 19.3 Å². The number of carbonyl (C=O) groups is 3. The zero-order valence-corrected chi connectivity index (χ0v) is 19.2. The van der Waals surface area contributed by atoms with E-state index in [1.807, 2.05) is 42.5 Å². The zero-order valence-electron chi connectivity index (χ0n) is 18.4. The minimum atomic E-state index is -0.397. The van der Waals surface area contributed by atoms with Gasteiger partial charge >= 0.3 is 0 Å². The molecule has 2 aromatic carbocycles. The first kappa shape index (κ1) is 22.1. The maximum atomic E-state index is 12.8. The number of piperazine rings is 1. The molecule has 2 heterocycles. The normalized spacial score (nSPS) is 18.2. The van der Waals surface area contributed by atoms with Crippen LogP contribution >= 0.6 is 11.8 Å². The summed E-state index contributed by atoms with van der Waals surface area (Å²) in [7, 11) is 0. The molecule has 0 bridgehead atoms. The van der Waals surface area contributed by atoms with Gasteiger partial charge in [-0.15, -0.1) is 0 Å². The molecule has 2 fully saturated rings. The average molecular weight is 450 g/mol. The lowest BCUT2D eigenvalue weighted by Crippen LogP contribution is -2.51. The maximum Gasteiger partial charge on any atom is 0.294 e. The van der Waals surface area contributed by atoms with Crippen LogP contribution in [-0.2, 0) is 9.59 Å². The zero-order chi connectivity index (χ0) is 22.7. The molecule has 0 aliphatic carbocycles. The van der Waals surface area contributed by atoms with Gasteiger partial charge in [-0.1, -0.05) is 56.3 Å². The molecule has 2 aromatic rings. The number of imide groups is 1. The third-order valence-corrected chi connectivity index (χ3v) is 6.70. The molecular weight excluding hydrogens is 422 g/mol. The number of thioether (sulfide) groups is 1. The summed E-state index contributed by atoms with van der Waals surface area (Å²) in [5, 5.41) is -0.391. The predicted octanol–water partition coefficient (Wildman–Crippen LogP) is 4.20. The number of benzene rings is 2. The van der Waals surface area contributed by atoms with E-state index in [1.54, 1.807) is 11.0 Å². The molecule has 0 N–H and O–H groups in total. The number of rotatable bonds is 5. The van der Waals surface area contributed by atoms with E-state index >= 15 is 0 Å². The largest absolute Gasteiger partial charge is 0.368 e. The summed E-state index contributed by atoms with van der Waals surface area (Å²) >= 11 is 0.897. The summed E-state index contributed by atoms with van der Waals surface area (Å²) in [5.41, 5.74) is 3.19. The fourth-order valence-electron chi connectivity index (χ4n) is 3.88. The van der Waals surface area contributed by atoms with Gasteiger partial charge in [-0.25, -0.2) is 0 Å². The summed E-state index contributed by atoms with van der Waals surface area (Å²) in [4.78, 5) is 43.5. The van der Waals surface area contributed by atoms with Crippen molar-refractivity contribution in [3.63, 3.8) is 0 Å². The molecule has 0 aromatic heterocycles. The van der Waals surface area contributed by atoms with Gasteiger partial charge in [0.25, 0.3) is 11.1 Å². The summed E-state index contributed by atoms with van der Waals surface area (Å²) < 4.78 is 0. The molecule has 4 rings (SSSR count). The molecular formula is C25H27N3O3S. The molecule has 166 valence electrons. The fraction of sp³-hybridized carbons (Fsp3) is 0.320. The van der Waals surface area contributed by atoms with Crippen molar-refractivity contribution in [2.45, 2.75) is 19.8 Å². The standard InChI is InChI=1S/C25H27N3O3S/c1-18(2)20-8-6-7-19(15-20)16-22-24(30)28(25(31)32-22)17-23(29)27-13-11-26(12-14-27)21-9-4-3-5-10-21/h3-10,15-16,18H,11-14,17H2,1-2H3. The Labute approximate surface area is 192 Å². The van der Waals surface area contributed by atoms with Crippen molar-refractivity contribution in [2.75, 3.05) is 37.6 Å². The first-order valence-corrected chi connectivity index (χ1v) is 11.7. The van der Waals surface area contributed by atoms with Gasteiger partial charge in [-0.2, -0.15) is 0 Å². The van der Waals surface area contributed by atoms with E-state index in [0.29, 0.717) is 23.9 Å². The van der Waals surface area contributed by atoms with Gasteiger partial charge in [0.2, 0.25) is 5.91 Å². The number of nitrogens with zero attached hydrogens (tertiary/aromatic N) is 3. The van der Waals surface area contributed by atoms with Crippen molar-refractivity contribution in [2.24, 2.45) is 0 Å². The van der Waals surface area contributed by atoms with Crippen molar-refractivity contribution in [3.05, 3.63) is 70.6 Å². The Bertz CT molecular complexity index is 1040. The van der Waals surface area contributed by atoms with E-state index in [0.717, 1.165) is 41.0 Å². The monoisotopic (exact) mass is 449 g/mol. The summed E-state index contributed by atoms with van der Waals surface area (Å²) in [6, 6.07) is 18.0. The predicted molar refractivity (Wildman–Crippen MR) is 128 cm³/mol. The highest BCUT2D eigenvalue weighted by molar-refractivity contribution is 8.18. The molecule has 0 atom stereocenters. The molecule has 2 saturated heterocycles. The highest BCUT2D eigenvalue weighted by Crippen LogP contribution is 2.32. The van der Waals surface area contributed by atoms with Crippen LogP contribution in [0.15, 0.2) is 59.5 Å². The van der Waals surface area contributed by atoms with Crippen LogP contribution in [-0.4, -0.2) is 59.6 Å². The van der Waals surface area contributed by atoms with Crippen LogP contribution in [0.1, 0.15) is 30.9 Å². The molecule has 0 radical (unpaired) electrons. The van der Waals surface area contributed by atoms with Crippen molar-refractivity contribution < 1.29 is 14.4 Å². The molecule has 3 amide bonds. The maximum absolute atomic E-state index is 12.8. The van der Waals surface area contributed by atoms with Crippen molar-refractivity contribution in [3.8, 4) is 0 Å². The van der Waals surface area contributed by atoms with Crippen LogP contribution in [0.3, 0.4) is 0 Å². The average Bonchev–Trinajstić information content (AvgIpc) is 3.07. The molecule has 0 unspecified atom stereocenters. The molecule has 6 nitrogen and oxygen atoms in total. The Morgan fingerprint density at radius 2 is 1.72 bits per heavy atom. The number of hydrogen-bond acceptors (Lipinski definition) is 5. The number of amides is 3. The van der Waals surface area contributed by atoms with Crippen LogP contribution in [0.5, 0.6) is 0 Å². The van der Waals surface area contributed by atoms with Crippen LogP contribution in [0.25, 0.3) is 6.08 Å².